The molecule has 0 bridgehead atoms. The van der Waals surface area contributed by atoms with E-state index < -0.39 is 5.60 Å². The number of pyridine rings is 3. The molecular formula is C30H45ClKN5O10. The van der Waals surface area contributed by atoms with Crippen molar-refractivity contribution in [1.82, 2.24) is 15.0 Å². The summed E-state index contributed by atoms with van der Waals surface area (Å²) in [6.07, 6.45) is 6.50. The molecule has 0 fully saturated rings. The van der Waals surface area contributed by atoms with Gasteiger partial charge in [0.05, 0.1) is 33.0 Å². The first-order valence-corrected chi connectivity index (χ1v) is 14.0. The number of rotatable bonds is 11. The molecule has 3 aromatic heterocycles. The van der Waals surface area contributed by atoms with Crippen LogP contribution in [0.3, 0.4) is 0 Å². The molecule has 0 atom stereocenters. The van der Waals surface area contributed by atoms with Gasteiger partial charge in [-0.1, -0.05) is 32.4 Å². The number of carbonyl (C=O) groups is 3. The van der Waals surface area contributed by atoms with Gasteiger partial charge in [0.15, 0.2) is 18.9 Å². The van der Waals surface area contributed by atoms with Crippen molar-refractivity contribution in [3.05, 3.63) is 76.8 Å². The van der Waals surface area contributed by atoms with Gasteiger partial charge in [-0.2, -0.15) is 0 Å². The molecule has 0 aliphatic carbocycles. The minimum Gasteiger partial charge on any atom is -0.850 e. The molecule has 15 nitrogen and oxygen atoms in total. The molecular weight excluding hydrogens is 665 g/mol. The maximum Gasteiger partial charge on any atom is 1.00 e. The number of aliphatic hydroxyl groups excluding tert-OH is 5. The van der Waals surface area contributed by atoms with Gasteiger partial charge in [0, 0.05) is 54.4 Å². The Labute approximate surface area is 322 Å². The van der Waals surface area contributed by atoms with E-state index in [2.05, 4.69) is 20.3 Å². The Morgan fingerprint density at radius 1 is 0.766 bits per heavy atom. The van der Waals surface area contributed by atoms with Crippen molar-refractivity contribution in [3.63, 3.8) is 0 Å². The number of nitrogens with one attached hydrogen (secondary N) is 1. The quantitative estimate of drug-likeness (QED) is 0.0601. The molecule has 17 heteroatoms. The number of aldehydes is 3. The summed E-state index contributed by atoms with van der Waals surface area (Å²) in [5.74, 6) is 1.07. The summed E-state index contributed by atoms with van der Waals surface area (Å²) >= 11 is 5.44. The van der Waals surface area contributed by atoms with Crippen LogP contribution in [0, 0.1) is 0 Å². The molecule has 3 aromatic rings. The number of halogens is 1. The third-order valence-electron chi connectivity index (χ3n) is 3.69. The minimum absolute atomic E-state index is 0. The summed E-state index contributed by atoms with van der Waals surface area (Å²) in [6, 6.07) is 9.73. The molecule has 0 aromatic carbocycles. The fraction of sp³-hybridized carbons (Fsp3) is 0.400. The summed E-state index contributed by atoms with van der Waals surface area (Å²) in [6.45, 7) is 5.82. The normalized spacial score (nSPS) is 9.09. The van der Waals surface area contributed by atoms with Gasteiger partial charge in [0.2, 0.25) is 5.88 Å². The summed E-state index contributed by atoms with van der Waals surface area (Å²) in [5, 5.41) is 53.3. The molecule has 0 amide bonds. The van der Waals surface area contributed by atoms with E-state index in [9.17, 15) is 19.5 Å². The van der Waals surface area contributed by atoms with Crippen molar-refractivity contribution in [3.8, 4) is 5.88 Å². The van der Waals surface area contributed by atoms with Gasteiger partial charge in [-0.05, 0) is 30.3 Å². The Morgan fingerprint density at radius 3 is 1.51 bits per heavy atom. The van der Waals surface area contributed by atoms with E-state index in [-0.39, 0.29) is 91.0 Å². The number of nitrogens with zero attached hydrogens (tertiary/aromatic N) is 3. The zero-order valence-corrected chi connectivity index (χ0v) is 31.0. The number of aliphatic hydroxyl groups is 5. The van der Waals surface area contributed by atoms with Crippen LogP contribution in [0.4, 0.5) is 5.82 Å². The fourth-order valence-corrected chi connectivity index (χ4v) is 2.03. The number of nitrogens with two attached hydrogens (primary N) is 1. The van der Waals surface area contributed by atoms with Crippen LogP contribution in [0.2, 0.25) is 5.15 Å². The van der Waals surface area contributed by atoms with Gasteiger partial charge in [0.1, 0.15) is 17.6 Å². The van der Waals surface area contributed by atoms with Crippen LogP contribution in [0.5, 0.6) is 5.88 Å². The topological polar surface area (TPSA) is 261 Å². The second-order valence-electron chi connectivity index (χ2n) is 8.97. The Kier molecular flexibility index (Phi) is 40.1. The van der Waals surface area contributed by atoms with E-state index in [0.717, 1.165) is 12.6 Å². The van der Waals surface area contributed by atoms with Gasteiger partial charge >= 0.3 is 51.4 Å². The van der Waals surface area contributed by atoms with Crippen molar-refractivity contribution in [2.24, 2.45) is 5.73 Å². The number of hydrogen-bond acceptors (Lipinski definition) is 15. The van der Waals surface area contributed by atoms with E-state index in [1.54, 1.807) is 57.2 Å². The van der Waals surface area contributed by atoms with Crippen LogP contribution in [0.15, 0.2) is 55.0 Å². The molecule has 0 saturated carbocycles. The number of carbonyl (C=O) groups excluding carboxylic acids is 3. The fourth-order valence-electron chi connectivity index (χ4n) is 1.92. The standard InChI is InChI=1S/C8H10N2O2.C8H9NO3.C6H4ClNO.C4H9O.C2H7NO.C2H6O2.K/c11-4-3-9-8-2-1-7(6-12)5-10-8;10-3-4-12-8-2-1-7(6-11)5-9-8;7-6-2-1-5(4-9)3-8-6;1-4(2,3)5;2*3-1-2-4;/h1-2,5-6,11H,3-4H2,(H,9,10);1-2,5-6,10H,3-4H2;1-4H;1-3H3;4H,1-3H2;3-4H,1-2H2;/q;;;-1;;;+1. The predicted octanol–water partition coefficient (Wildman–Crippen LogP) is -2.83. The second-order valence-corrected chi connectivity index (χ2v) is 9.36. The van der Waals surface area contributed by atoms with Crippen LogP contribution >= 0.6 is 11.6 Å². The number of ether oxygens (including phenoxy) is 1. The predicted molar refractivity (Wildman–Crippen MR) is 172 cm³/mol. The maximum atomic E-state index is 10.2. The number of anilines is 1. The monoisotopic (exact) mass is 709 g/mol. The minimum atomic E-state index is -0.750. The average molecular weight is 710 g/mol. The molecule has 0 spiro atoms. The van der Waals surface area contributed by atoms with Gasteiger partial charge in [-0.3, -0.25) is 14.4 Å². The molecule has 258 valence electrons. The second kappa shape index (κ2) is 36.5. The van der Waals surface area contributed by atoms with E-state index in [4.69, 9.17) is 47.6 Å². The van der Waals surface area contributed by atoms with Gasteiger partial charge in [-0.25, -0.2) is 15.0 Å². The van der Waals surface area contributed by atoms with Crippen molar-refractivity contribution in [1.29, 1.82) is 0 Å². The van der Waals surface area contributed by atoms with E-state index in [1.165, 1.54) is 18.6 Å². The molecule has 0 aliphatic heterocycles. The third kappa shape index (κ3) is 39.8. The first-order valence-electron chi connectivity index (χ1n) is 13.6. The van der Waals surface area contributed by atoms with E-state index in [0.29, 0.717) is 52.9 Å². The molecule has 0 aliphatic rings. The first-order chi connectivity index (χ1) is 21.9. The molecule has 47 heavy (non-hydrogen) atoms. The van der Waals surface area contributed by atoms with Crippen LogP contribution < -0.4 is 72.3 Å². The zero-order chi connectivity index (χ0) is 35.6. The summed E-state index contributed by atoms with van der Waals surface area (Å²) in [5.41, 5.74) is 5.62. The summed E-state index contributed by atoms with van der Waals surface area (Å²) in [7, 11) is 0. The summed E-state index contributed by atoms with van der Waals surface area (Å²) in [4.78, 5) is 41.9. The van der Waals surface area contributed by atoms with Crippen molar-refractivity contribution >= 4 is 36.3 Å². The molecule has 0 saturated heterocycles. The van der Waals surface area contributed by atoms with Crippen LogP contribution in [0.25, 0.3) is 0 Å². The number of hydrogen-bond donors (Lipinski definition) is 7. The molecule has 0 radical (unpaired) electrons. The molecule has 0 unspecified atom stereocenters. The summed E-state index contributed by atoms with van der Waals surface area (Å²) < 4.78 is 4.98. The number of aromatic nitrogens is 3. The first kappa shape index (κ1) is 51.5. The largest absolute Gasteiger partial charge is 1.00 e. The zero-order valence-electron chi connectivity index (χ0n) is 27.2. The Hall–Kier alpha value is -2.29. The Balaban J connectivity index is -0.000000249. The van der Waals surface area contributed by atoms with Crippen molar-refractivity contribution in [2.75, 3.05) is 58.0 Å². The maximum absolute atomic E-state index is 10.2. The van der Waals surface area contributed by atoms with E-state index in [1.807, 2.05) is 0 Å². The van der Waals surface area contributed by atoms with Crippen LogP contribution in [0.1, 0.15) is 51.8 Å². The Morgan fingerprint density at radius 2 is 1.21 bits per heavy atom. The molecule has 3 heterocycles. The molecule has 3 rings (SSSR count). The van der Waals surface area contributed by atoms with Crippen LogP contribution in [-0.2, 0) is 0 Å². The average Bonchev–Trinajstić information content (AvgIpc) is 3.07. The van der Waals surface area contributed by atoms with E-state index >= 15 is 0 Å². The van der Waals surface area contributed by atoms with Gasteiger partial charge in [-0.15, -0.1) is 5.60 Å². The smallest absolute Gasteiger partial charge is 0.850 e. The molecule has 8 N–H and O–H groups in total. The van der Waals surface area contributed by atoms with Gasteiger partial charge < -0.3 is 46.4 Å². The Bertz CT molecular complexity index is 1060. The SMILES string of the molecule is CC(C)(C)[O-].NCCO.O=Cc1ccc(Cl)nc1.O=Cc1ccc(NCCO)nc1.O=Cc1ccc(OCCO)nc1.OCCO.[K+]. The van der Waals surface area contributed by atoms with Crippen molar-refractivity contribution < 1.29 is 101 Å². The van der Waals surface area contributed by atoms with Crippen LogP contribution in [-0.4, -0.2) is 118 Å². The van der Waals surface area contributed by atoms with Gasteiger partial charge in [0.25, 0.3) is 0 Å². The van der Waals surface area contributed by atoms with Crippen molar-refractivity contribution in [2.45, 2.75) is 26.4 Å². The third-order valence-corrected chi connectivity index (χ3v) is 3.92.